The molecule has 1 aliphatic carbocycles. The molecule has 0 aliphatic heterocycles. The van der Waals surface area contributed by atoms with E-state index < -0.39 is 0 Å². The first kappa shape index (κ1) is 13.4. The van der Waals surface area contributed by atoms with Gasteiger partial charge in [0.05, 0.1) is 5.75 Å². The maximum Gasteiger partial charge on any atom is 0.322 e. The van der Waals surface area contributed by atoms with E-state index in [0.29, 0.717) is 17.6 Å². The van der Waals surface area contributed by atoms with E-state index in [1.165, 1.54) is 0 Å². The molecule has 1 aromatic heterocycles. The number of nitrogens with two attached hydrogens (primary N) is 1. The fraction of sp³-hybridized carbons (Fsp3) is 0.727. The maximum absolute atomic E-state index is 11.6. The van der Waals surface area contributed by atoms with Gasteiger partial charge in [0.2, 0.25) is 11.8 Å². The SMILES string of the molecule is CC(N)CCSCC(=O)Nc1nnc(C2CC2)o1. The quantitative estimate of drug-likeness (QED) is 0.726. The Balaban J connectivity index is 1.66. The van der Waals surface area contributed by atoms with Crippen LogP contribution in [0.25, 0.3) is 0 Å². The summed E-state index contributed by atoms with van der Waals surface area (Å²) >= 11 is 1.55. The smallest absolute Gasteiger partial charge is 0.322 e. The highest BCUT2D eigenvalue weighted by atomic mass is 32.2. The number of carbonyl (C=O) groups excluding carboxylic acids is 1. The van der Waals surface area contributed by atoms with E-state index in [4.69, 9.17) is 10.2 Å². The summed E-state index contributed by atoms with van der Waals surface area (Å²) in [5.74, 6) is 2.19. The van der Waals surface area contributed by atoms with Gasteiger partial charge >= 0.3 is 6.01 Å². The molecule has 18 heavy (non-hydrogen) atoms. The molecule has 1 fully saturated rings. The Kier molecular flexibility index (Phi) is 4.60. The minimum absolute atomic E-state index is 0.115. The predicted molar refractivity (Wildman–Crippen MR) is 70.5 cm³/mol. The minimum atomic E-state index is -0.115. The molecule has 1 aromatic rings. The summed E-state index contributed by atoms with van der Waals surface area (Å²) in [5, 5.41) is 10.3. The first-order valence-corrected chi connectivity index (χ1v) is 7.27. The summed E-state index contributed by atoms with van der Waals surface area (Å²) in [7, 11) is 0. The summed E-state index contributed by atoms with van der Waals surface area (Å²) in [5.41, 5.74) is 5.62. The molecule has 0 saturated heterocycles. The summed E-state index contributed by atoms with van der Waals surface area (Å²) in [6, 6.07) is 0.382. The molecule has 100 valence electrons. The van der Waals surface area contributed by atoms with Gasteiger partial charge in [0.15, 0.2) is 0 Å². The number of thioether (sulfide) groups is 1. The molecule has 0 radical (unpaired) electrons. The summed E-state index contributed by atoms with van der Waals surface area (Å²) in [6.45, 7) is 1.96. The normalized spacial score (nSPS) is 16.6. The number of hydrogen-bond acceptors (Lipinski definition) is 6. The second-order valence-corrected chi connectivity index (χ2v) is 5.69. The molecule has 1 aliphatic rings. The monoisotopic (exact) mass is 270 g/mol. The summed E-state index contributed by atoms with van der Waals surface area (Å²) < 4.78 is 5.34. The van der Waals surface area contributed by atoms with Crippen molar-refractivity contribution in [1.29, 1.82) is 0 Å². The van der Waals surface area contributed by atoms with Gasteiger partial charge in [-0.2, -0.15) is 11.8 Å². The van der Waals surface area contributed by atoms with Crippen LogP contribution in [0.15, 0.2) is 4.42 Å². The molecule has 7 heteroatoms. The molecule has 0 spiro atoms. The standard InChI is InChI=1S/C11H18N4O2S/c1-7(12)4-5-18-6-9(16)13-11-15-14-10(17-11)8-2-3-8/h7-8H,2-6,12H2,1H3,(H,13,15,16). The number of anilines is 1. The average Bonchev–Trinajstić information content (AvgIpc) is 3.06. The minimum Gasteiger partial charge on any atom is -0.408 e. The Morgan fingerprint density at radius 1 is 1.61 bits per heavy atom. The van der Waals surface area contributed by atoms with Crippen molar-refractivity contribution < 1.29 is 9.21 Å². The van der Waals surface area contributed by atoms with Crippen molar-refractivity contribution in [3.8, 4) is 0 Å². The lowest BCUT2D eigenvalue weighted by Gasteiger charge is -2.03. The zero-order chi connectivity index (χ0) is 13.0. The van der Waals surface area contributed by atoms with Gasteiger partial charge in [-0.1, -0.05) is 5.10 Å². The van der Waals surface area contributed by atoms with Crippen LogP contribution in [0.2, 0.25) is 0 Å². The van der Waals surface area contributed by atoms with Crippen molar-refractivity contribution in [2.24, 2.45) is 5.73 Å². The highest BCUT2D eigenvalue weighted by molar-refractivity contribution is 7.99. The van der Waals surface area contributed by atoms with Crippen molar-refractivity contribution in [1.82, 2.24) is 10.2 Å². The fourth-order valence-electron chi connectivity index (χ4n) is 1.37. The lowest BCUT2D eigenvalue weighted by atomic mass is 10.3. The molecule has 6 nitrogen and oxygen atoms in total. The Labute approximate surface area is 110 Å². The maximum atomic E-state index is 11.6. The van der Waals surface area contributed by atoms with Gasteiger partial charge in [-0.25, -0.2) is 0 Å². The molecule has 1 heterocycles. The van der Waals surface area contributed by atoms with Gasteiger partial charge in [-0.05, 0) is 31.9 Å². The average molecular weight is 270 g/mol. The van der Waals surface area contributed by atoms with Gasteiger partial charge in [-0.3, -0.25) is 10.1 Å². The van der Waals surface area contributed by atoms with Crippen LogP contribution in [-0.2, 0) is 4.79 Å². The molecule has 1 amide bonds. The summed E-state index contributed by atoms with van der Waals surface area (Å²) in [6.07, 6.45) is 3.11. The van der Waals surface area contributed by atoms with Gasteiger partial charge in [-0.15, -0.1) is 5.10 Å². The Bertz CT molecular complexity index is 404. The molecule has 1 saturated carbocycles. The third kappa shape index (κ3) is 4.30. The third-order valence-corrected chi connectivity index (χ3v) is 3.55. The number of nitrogens with zero attached hydrogens (tertiary/aromatic N) is 2. The van der Waals surface area contributed by atoms with Gasteiger partial charge in [0.25, 0.3) is 0 Å². The Hall–Kier alpha value is -1.08. The van der Waals surface area contributed by atoms with E-state index in [2.05, 4.69) is 15.5 Å². The van der Waals surface area contributed by atoms with Crippen LogP contribution in [0.5, 0.6) is 0 Å². The van der Waals surface area contributed by atoms with E-state index in [1.807, 2.05) is 6.92 Å². The first-order valence-electron chi connectivity index (χ1n) is 6.11. The topological polar surface area (TPSA) is 94.0 Å². The molecule has 0 aromatic carbocycles. The highest BCUT2D eigenvalue weighted by Crippen LogP contribution is 2.39. The molecule has 2 rings (SSSR count). The van der Waals surface area contributed by atoms with Crippen LogP contribution in [0, 0.1) is 0 Å². The van der Waals surface area contributed by atoms with Crippen molar-refractivity contribution in [2.75, 3.05) is 16.8 Å². The van der Waals surface area contributed by atoms with E-state index in [9.17, 15) is 4.79 Å². The number of rotatable bonds is 7. The van der Waals surface area contributed by atoms with Crippen LogP contribution in [0.1, 0.15) is 38.0 Å². The fourth-order valence-corrected chi connectivity index (χ4v) is 2.31. The van der Waals surface area contributed by atoms with Gasteiger partial charge in [0, 0.05) is 12.0 Å². The number of carbonyl (C=O) groups is 1. The predicted octanol–water partition coefficient (Wildman–Crippen LogP) is 1.36. The summed E-state index contributed by atoms with van der Waals surface area (Å²) in [4.78, 5) is 11.6. The molecule has 1 atom stereocenters. The lowest BCUT2D eigenvalue weighted by molar-refractivity contribution is -0.113. The van der Waals surface area contributed by atoms with E-state index >= 15 is 0 Å². The number of amides is 1. The van der Waals surface area contributed by atoms with Crippen molar-refractivity contribution >= 4 is 23.7 Å². The van der Waals surface area contributed by atoms with Crippen LogP contribution < -0.4 is 11.1 Å². The van der Waals surface area contributed by atoms with Crippen molar-refractivity contribution in [3.05, 3.63) is 5.89 Å². The second kappa shape index (κ2) is 6.19. The lowest BCUT2D eigenvalue weighted by Crippen LogP contribution is -2.17. The number of hydrogen-bond donors (Lipinski definition) is 2. The van der Waals surface area contributed by atoms with Gasteiger partial charge in [0.1, 0.15) is 0 Å². The van der Waals surface area contributed by atoms with Crippen molar-refractivity contribution in [2.45, 2.75) is 38.1 Å². The van der Waals surface area contributed by atoms with Crippen LogP contribution in [-0.4, -0.2) is 33.7 Å². The zero-order valence-corrected chi connectivity index (χ0v) is 11.2. The zero-order valence-electron chi connectivity index (χ0n) is 10.4. The van der Waals surface area contributed by atoms with Crippen molar-refractivity contribution in [3.63, 3.8) is 0 Å². The second-order valence-electron chi connectivity index (χ2n) is 4.59. The van der Waals surface area contributed by atoms with E-state index in [0.717, 1.165) is 25.0 Å². The molecular formula is C11H18N4O2S. The van der Waals surface area contributed by atoms with E-state index in [1.54, 1.807) is 11.8 Å². The Morgan fingerprint density at radius 2 is 2.39 bits per heavy atom. The Morgan fingerprint density at radius 3 is 3.06 bits per heavy atom. The number of aromatic nitrogens is 2. The molecule has 1 unspecified atom stereocenters. The first-order chi connectivity index (χ1) is 8.65. The third-order valence-electron chi connectivity index (χ3n) is 2.56. The molecule has 0 bridgehead atoms. The largest absolute Gasteiger partial charge is 0.408 e. The van der Waals surface area contributed by atoms with E-state index in [-0.39, 0.29) is 18.0 Å². The number of nitrogens with one attached hydrogen (secondary N) is 1. The molecular weight excluding hydrogens is 252 g/mol. The van der Waals surface area contributed by atoms with Crippen LogP contribution in [0.4, 0.5) is 6.01 Å². The molecule has 3 N–H and O–H groups in total. The van der Waals surface area contributed by atoms with Crippen LogP contribution in [0.3, 0.4) is 0 Å². The highest BCUT2D eigenvalue weighted by Gasteiger charge is 2.29. The van der Waals surface area contributed by atoms with Gasteiger partial charge < -0.3 is 10.2 Å². The van der Waals surface area contributed by atoms with Crippen LogP contribution >= 0.6 is 11.8 Å².